The van der Waals surface area contributed by atoms with Gasteiger partial charge in [0.25, 0.3) is 6.01 Å². The molecule has 49 heavy (non-hydrogen) atoms. The Morgan fingerprint density at radius 1 is 1.02 bits per heavy atom. The molecule has 0 radical (unpaired) electrons. The van der Waals surface area contributed by atoms with E-state index in [-0.39, 0.29) is 36.0 Å². The highest BCUT2D eigenvalue weighted by Gasteiger charge is 2.33. The van der Waals surface area contributed by atoms with Crippen molar-refractivity contribution >= 4 is 46.4 Å². The molecule has 4 aromatic rings. The zero-order valence-electron chi connectivity index (χ0n) is 28.4. The second kappa shape index (κ2) is 15.4. The van der Waals surface area contributed by atoms with Gasteiger partial charge in [-0.2, -0.15) is 10.1 Å². The number of benzene rings is 2. The molecule has 0 saturated carbocycles. The summed E-state index contributed by atoms with van der Waals surface area (Å²) in [5.41, 5.74) is 2.42. The lowest BCUT2D eigenvalue weighted by molar-refractivity contribution is -0.137. The van der Waals surface area contributed by atoms with E-state index >= 15 is 0 Å². The van der Waals surface area contributed by atoms with Crippen molar-refractivity contribution in [1.82, 2.24) is 35.3 Å². The summed E-state index contributed by atoms with van der Waals surface area (Å²) in [6.07, 6.45) is 3.23. The topological polar surface area (TPSA) is 138 Å². The molecule has 1 saturated heterocycles. The van der Waals surface area contributed by atoms with Crippen molar-refractivity contribution in [3.05, 3.63) is 70.8 Å². The normalized spacial score (nSPS) is 20.7. The van der Waals surface area contributed by atoms with Crippen molar-refractivity contribution in [3.8, 4) is 0 Å². The summed E-state index contributed by atoms with van der Waals surface area (Å²) in [7, 11) is 0. The number of carbonyl (C=O) groups excluding carboxylic acids is 3. The molecule has 0 aliphatic carbocycles. The number of halogens is 1. The highest BCUT2D eigenvalue weighted by Crippen LogP contribution is 2.29. The highest BCUT2D eigenvalue weighted by molar-refractivity contribution is 6.31. The quantitative estimate of drug-likeness (QED) is 0.293. The third kappa shape index (κ3) is 8.24. The number of hydrogen-bond donors (Lipinski definition) is 2. The summed E-state index contributed by atoms with van der Waals surface area (Å²) in [6.45, 7) is 8.33. The highest BCUT2D eigenvalue weighted by atomic mass is 35.5. The number of fused-ring (bicyclic) bond motifs is 2. The molecular formula is C36H45ClN8O4. The van der Waals surface area contributed by atoms with Gasteiger partial charge >= 0.3 is 0 Å². The van der Waals surface area contributed by atoms with E-state index in [2.05, 4.69) is 20.5 Å². The lowest BCUT2D eigenvalue weighted by Crippen LogP contribution is -2.51. The Bertz CT molecular complexity index is 1770. The van der Waals surface area contributed by atoms with Crippen LogP contribution >= 0.6 is 11.6 Å². The zero-order valence-corrected chi connectivity index (χ0v) is 29.2. The average molecular weight is 689 g/mol. The first-order valence-electron chi connectivity index (χ1n) is 17.3. The van der Waals surface area contributed by atoms with Gasteiger partial charge in [-0.1, -0.05) is 62.2 Å². The van der Waals surface area contributed by atoms with Crippen LogP contribution in [-0.4, -0.2) is 74.6 Å². The van der Waals surface area contributed by atoms with Crippen LogP contribution in [0.25, 0.3) is 11.1 Å². The van der Waals surface area contributed by atoms with Gasteiger partial charge in [-0.3, -0.25) is 14.4 Å². The van der Waals surface area contributed by atoms with Gasteiger partial charge in [-0.05, 0) is 56.2 Å². The van der Waals surface area contributed by atoms with E-state index in [1.54, 1.807) is 12.1 Å². The van der Waals surface area contributed by atoms with Gasteiger partial charge in [0.15, 0.2) is 5.58 Å². The lowest BCUT2D eigenvalue weighted by Gasteiger charge is -2.34. The number of rotatable bonds is 6. The van der Waals surface area contributed by atoms with Crippen LogP contribution in [0.15, 0.2) is 52.9 Å². The van der Waals surface area contributed by atoms with Crippen LogP contribution in [-0.2, 0) is 27.3 Å². The summed E-state index contributed by atoms with van der Waals surface area (Å²) < 4.78 is 7.81. The van der Waals surface area contributed by atoms with Crippen LogP contribution in [0.2, 0.25) is 5.02 Å². The van der Waals surface area contributed by atoms with Crippen molar-refractivity contribution in [1.29, 1.82) is 0 Å². The molecule has 4 heterocycles. The molecule has 13 heteroatoms. The van der Waals surface area contributed by atoms with Crippen molar-refractivity contribution < 1.29 is 18.8 Å². The molecular weight excluding hydrogens is 644 g/mol. The van der Waals surface area contributed by atoms with Gasteiger partial charge < -0.3 is 24.9 Å². The standard InChI is InChI=1S/C36H45ClN8O4/c1-4-23(2)32-34(47)39-29(21-25-9-6-5-7-10-25)33-38-24(3)42-45(33)20-19-43(16-8-11-31(46)41-32)35(48)26-14-17-44(18-15-26)36-40-28-13-12-27(37)22-30(28)49-36/h5-7,9-10,12-13,22-23,26,29,32H,4,8,11,14-21H2,1-3H3,(H,39,47)(H,41,46)/t23-,29-,32-/m0/s1. The number of amides is 3. The van der Waals surface area contributed by atoms with Crippen LogP contribution in [0.1, 0.15) is 69.2 Å². The number of aromatic nitrogens is 4. The van der Waals surface area contributed by atoms with Crippen molar-refractivity contribution in [2.45, 2.75) is 77.9 Å². The first-order chi connectivity index (χ1) is 23.7. The zero-order chi connectivity index (χ0) is 34.5. The fourth-order valence-electron chi connectivity index (χ4n) is 6.74. The van der Waals surface area contributed by atoms with Gasteiger partial charge in [0.2, 0.25) is 17.7 Å². The number of nitrogens with one attached hydrogen (secondary N) is 2. The second-order valence-electron chi connectivity index (χ2n) is 13.2. The average Bonchev–Trinajstić information content (AvgIpc) is 3.70. The first-order valence-corrected chi connectivity index (χ1v) is 17.7. The van der Waals surface area contributed by atoms with E-state index in [0.717, 1.165) is 17.5 Å². The summed E-state index contributed by atoms with van der Waals surface area (Å²) in [4.78, 5) is 54.4. The van der Waals surface area contributed by atoms with Crippen LogP contribution < -0.4 is 15.5 Å². The van der Waals surface area contributed by atoms with Crippen LogP contribution in [0.4, 0.5) is 6.01 Å². The van der Waals surface area contributed by atoms with Crippen LogP contribution in [0.5, 0.6) is 0 Å². The molecule has 0 bridgehead atoms. The fraction of sp³-hybridized carbons (Fsp3) is 0.500. The minimum Gasteiger partial charge on any atom is -0.423 e. The van der Waals surface area contributed by atoms with Gasteiger partial charge in [0.05, 0.1) is 12.6 Å². The van der Waals surface area contributed by atoms with Crippen molar-refractivity contribution in [2.24, 2.45) is 11.8 Å². The predicted molar refractivity (Wildman–Crippen MR) is 187 cm³/mol. The van der Waals surface area contributed by atoms with E-state index in [9.17, 15) is 14.4 Å². The maximum Gasteiger partial charge on any atom is 0.298 e. The third-order valence-corrected chi connectivity index (χ3v) is 9.94. The largest absolute Gasteiger partial charge is 0.423 e. The molecule has 260 valence electrons. The molecule has 0 unspecified atom stereocenters. The molecule has 1 fully saturated rings. The minimum atomic E-state index is -0.697. The van der Waals surface area contributed by atoms with Gasteiger partial charge in [0.1, 0.15) is 23.2 Å². The predicted octanol–water partition coefficient (Wildman–Crippen LogP) is 4.85. The number of aryl methyl sites for hydroxylation is 1. The Hall–Kier alpha value is -4.45. The third-order valence-electron chi connectivity index (χ3n) is 9.71. The molecule has 2 aliphatic rings. The SMILES string of the molecule is CC[C@H](C)[C@@H]1NC(=O)CCCN(C(=O)C2CCN(c3nc4ccc(Cl)cc4o3)CC2)CCn2nc(C)nc2[C@H](Cc2ccccc2)NC1=O. The Morgan fingerprint density at radius 2 is 1.80 bits per heavy atom. The Labute approximate surface area is 291 Å². The molecule has 2 aromatic carbocycles. The van der Waals surface area contributed by atoms with E-state index in [1.807, 2.05) is 66.8 Å². The Morgan fingerprint density at radius 3 is 2.55 bits per heavy atom. The Balaban J connectivity index is 1.21. The second-order valence-corrected chi connectivity index (χ2v) is 13.7. The van der Waals surface area contributed by atoms with Gasteiger partial charge in [-0.15, -0.1) is 0 Å². The minimum absolute atomic E-state index is 0.0708. The molecule has 2 aromatic heterocycles. The van der Waals surface area contributed by atoms with Crippen LogP contribution in [0.3, 0.4) is 0 Å². The first kappa shape index (κ1) is 34.4. The molecule has 3 atom stereocenters. The Kier molecular flexibility index (Phi) is 10.8. The smallest absolute Gasteiger partial charge is 0.298 e. The number of hydrogen-bond acceptors (Lipinski definition) is 8. The van der Waals surface area contributed by atoms with Crippen molar-refractivity contribution in [2.75, 3.05) is 31.1 Å². The number of anilines is 1. The van der Waals surface area contributed by atoms with E-state index in [0.29, 0.717) is 86.7 Å². The number of piperidine rings is 1. The summed E-state index contributed by atoms with van der Waals surface area (Å²) in [5, 5.41) is 11.5. The number of oxazole rings is 1. The lowest BCUT2D eigenvalue weighted by atomic mass is 9.95. The van der Waals surface area contributed by atoms with E-state index in [1.165, 1.54) is 0 Å². The molecule has 12 nitrogen and oxygen atoms in total. The molecule has 2 aliphatic heterocycles. The monoisotopic (exact) mass is 688 g/mol. The number of nitrogens with zero attached hydrogens (tertiary/aromatic N) is 6. The molecule has 6 rings (SSSR count). The summed E-state index contributed by atoms with van der Waals surface area (Å²) in [5.74, 6) is 0.604. The van der Waals surface area contributed by atoms with E-state index < -0.39 is 12.1 Å². The van der Waals surface area contributed by atoms with Gasteiger partial charge in [-0.25, -0.2) is 9.67 Å². The van der Waals surface area contributed by atoms with Crippen LogP contribution in [0, 0.1) is 18.8 Å². The molecule has 3 amide bonds. The van der Waals surface area contributed by atoms with E-state index in [4.69, 9.17) is 26.1 Å². The van der Waals surface area contributed by atoms with Gasteiger partial charge in [0, 0.05) is 49.6 Å². The maximum absolute atomic E-state index is 14.1. The fourth-order valence-corrected chi connectivity index (χ4v) is 6.90. The molecule has 0 spiro atoms. The summed E-state index contributed by atoms with van der Waals surface area (Å²) >= 11 is 6.13. The maximum atomic E-state index is 14.1. The van der Waals surface area contributed by atoms with Crippen molar-refractivity contribution in [3.63, 3.8) is 0 Å². The number of carbonyl (C=O) groups is 3. The summed E-state index contributed by atoms with van der Waals surface area (Å²) in [6, 6.07) is 14.7. The molecule has 2 N–H and O–H groups in total.